The minimum Gasteiger partial charge on any atom is -0.423 e. The molecule has 43 heavy (non-hydrogen) atoms. The summed E-state index contributed by atoms with van der Waals surface area (Å²) in [5.41, 5.74) is 6.58. The molecule has 0 bridgehead atoms. The average Bonchev–Trinajstić information content (AvgIpc) is 3.05. The molecule has 5 aromatic rings. The maximum Gasteiger partial charge on any atom is 0.335 e. The lowest BCUT2D eigenvalue weighted by molar-refractivity contribution is -0.129. The van der Waals surface area contributed by atoms with Gasteiger partial charge in [-0.3, -0.25) is 0 Å². The summed E-state index contributed by atoms with van der Waals surface area (Å²) in [6.07, 6.45) is 7.34. The molecule has 0 amide bonds. The Kier molecular flexibility index (Phi) is 7.70. The molecule has 0 spiro atoms. The van der Waals surface area contributed by atoms with E-state index in [1.807, 2.05) is 54.6 Å². The first-order chi connectivity index (χ1) is 21.0. The van der Waals surface area contributed by atoms with Crippen molar-refractivity contribution in [2.24, 2.45) is 0 Å². The maximum absolute atomic E-state index is 11.7. The Morgan fingerprint density at radius 3 is 2.00 bits per heavy atom. The summed E-state index contributed by atoms with van der Waals surface area (Å²) in [5.74, 6) is -0.00211. The Labute approximate surface area is 250 Å². The van der Waals surface area contributed by atoms with Gasteiger partial charge in [-0.2, -0.15) is 0 Å². The summed E-state index contributed by atoms with van der Waals surface area (Å²) in [6.45, 7) is 6.94. The molecule has 1 unspecified atom stereocenters. The van der Waals surface area contributed by atoms with Crippen LogP contribution in [0.4, 0.5) is 11.4 Å². The van der Waals surface area contributed by atoms with E-state index in [4.69, 9.17) is 9.47 Å². The van der Waals surface area contributed by atoms with Crippen LogP contribution in [0.15, 0.2) is 141 Å². The van der Waals surface area contributed by atoms with Crippen LogP contribution in [0.5, 0.6) is 11.5 Å². The number of carbonyl (C=O) groups is 2. The fourth-order valence-corrected chi connectivity index (χ4v) is 5.38. The van der Waals surface area contributed by atoms with Gasteiger partial charge in [0.25, 0.3) is 0 Å². The molecule has 0 radical (unpaired) electrons. The zero-order valence-corrected chi connectivity index (χ0v) is 23.5. The van der Waals surface area contributed by atoms with Crippen LogP contribution in [0, 0.1) is 0 Å². The molecule has 5 nitrogen and oxygen atoms in total. The van der Waals surface area contributed by atoms with Gasteiger partial charge in [0.2, 0.25) is 0 Å². The quantitative estimate of drug-likeness (QED) is 0.108. The normalized spacial score (nSPS) is 13.5. The van der Waals surface area contributed by atoms with Crippen LogP contribution < -0.4 is 14.4 Å². The highest BCUT2D eigenvalue weighted by molar-refractivity contribution is 5.90. The van der Waals surface area contributed by atoms with E-state index in [1.165, 1.54) is 5.56 Å². The number of nitrogens with zero attached hydrogens (tertiary/aromatic N) is 1. The van der Waals surface area contributed by atoms with E-state index in [-0.39, 0.29) is 6.04 Å². The van der Waals surface area contributed by atoms with Crippen molar-refractivity contribution >= 4 is 40.2 Å². The van der Waals surface area contributed by atoms with Crippen molar-refractivity contribution in [3.8, 4) is 22.6 Å². The van der Waals surface area contributed by atoms with Crippen molar-refractivity contribution in [1.82, 2.24) is 0 Å². The zero-order valence-electron chi connectivity index (χ0n) is 23.5. The van der Waals surface area contributed by atoms with Gasteiger partial charge in [0.1, 0.15) is 11.5 Å². The number of hydrogen-bond acceptors (Lipinski definition) is 5. The fourth-order valence-electron chi connectivity index (χ4n) is 5.38. The maximum atomic E-state index is 11.7. The molecule has 1 aliphatic rings. The van der Waals surface area contributed by atoms with Crippen molar-refractivity contribution in [3.63, 3.8) is 0 Å². The van der Waals surface area contributed by atoms with Gasteiger partial charge in [-0.15, -0.1) is 0 Å². The lowest BCUT2D eigenvalue weighted by Crippen LogP contribution is -2.33. The molecule has 0 saturated heterocycles. The van der Waals surface area contributed by atoms with E-state index >= 15 is 0 Å². The molecule has 0 heterocycles. The average molecular weight is 564 g/mol. The first kappa shape index (κ1) is 27.5. The van der Waals surface area contributed by atoms with E-state index in [0.29, 0.717) is 11.5 Å². The molecule has 0 saturated carbocycles. The summed E-state index contributed by atoms with van der Waals surface area (Å²) in [6, 6.07) is 36.6. The number of rotatable bonds is 8. The summed E-state index contributed by atoms with van der Waals surface area (Å²) >= 11 is 0. The molecule has 0 N–H and O–H groups in total. The number of hydrogen-bond donors (Lipinski definition) is 0. The van der Waals surface area contributed by atoms with Crippen molar-refractivity contribution in [2.45, 2.75) is 12.5 Å². The highest BCUT2D eigenvalue weighted by Gasteiger charge is 2.24. The van der Waals surface area contributed by atoms with Crippen LogP contribution in [0.3, 0.4) is 0 Å². The first-order valence-corrected chi connectivity index (χ1v) is 14.0. The molecule has 1 atom stereocenters. The molecule has 6 rings (SSSR count). The molecule has 5 aromatic carbocycles. The first-order valence-electron chi connectivity index (χ1n) is 14.0. The summed E-state index contributed by atoms with van der Waals surface area (Å²) in [4.78, 5) is 25.7. The van der Waals surface area contributed by atoms with E-state index in [2.05, 4.69) is 78.7 Å². The van der Waals surface area contributed by atoms with Crippen LogP contribution >= 0.6 is 0 Å². The molecule has 5 heteroatoms. The fraction of sp³-hybridized carbons (Fsp3) is 0.0526. The van der Waals surface area contributed by atoms with Crippen molar-refractivity contribution in [1.29, 1.82) is 0 Å². The smallest absolute Gasteiger partial charge is 0.335 e. The second-order valence-corrected chi connectivity index (χ2v) is 10.2. The minimum atomic E-state index is -0.489. The predicted octanol–water partition coefficient (Wildman–Crippen LogP) is 8.47. The Hall–Kier alpha value is -5.68. The summed E-state index contributed by atoms with van der Waals surface area (Å²) in [5, 5.41) is 1.99. The van der Waals surface area contributed by atoms with E-state index in [9.17, 15) is 9.59 Å². The lowest BCUT2D eigenvalue weighted by Gasteiger charge is -2.34. The number of anilines is 2. The molecule has 210 valence electrons. The molecule has 1 aliphatic carbocycles. The summed E-state index contributed by atoms with van der Waals surface area (Å²) in [7, 11) is 0. The predicted molar refractivity (Wildman–Crippen MR) is 173 cm³/mol. The van der Waals surface area contributed by atoms with Gasteiger partial charge in [-0.1, -0.05) is 86.0 Å². The Morgan fingerprint density at radius 1 is 0.674 bits per heavy atom. The SMILES string of the molecule is C=CC(=O)Oc1ccc2c(c1)C=CC(N(c1ccc(-c3ccccc3)cc1)c1ccc3cc(OC(=O)C=C)ccc3c1)C2. The third-order valence-corrected chi connectivity index (χ3v) is 7.47. The largest absolute Gasteiger partial charge is 0.423 e. The van der Waals surface area contributed by atoms with Gasteiger partial charge in [-0.25, -0.2) is 9.59 Å². The Balaban J connectivity index is 1.37. The number of fused-ring (bicyclic) bond motifs is 2. The van der Waals surface area contributed by atoms with Gasteiger partial charge in [0.15, 0.2) is 0 Å². The van der Waals surface area contributed by atoms with Crippen LogP contribution in [0.25, 0.3) is 28.0 Å². The highest BCUT2D eigenvalue weighted by Crippen LogP contribution is 2.37. The second-order valence-electron chi connectivity index (χ2n) is 10.2. The van der Waals surface area contributed by atoms with Crippen molar-refractivity contribution < 1.29 is 19.1 Å². The minimum absolute atomic E-state index is 0.0296. The summed E-state index contributed by atoms with van der Waals surface area (Å²) < 4.78 is 10.7. The molecule has 0 fully saturated rings. The molecule has 0 aromatic heterocycles. The third kappa shape index (κ3) is 6.02. The zero-order chi connectivity index (χ0) is 29.8. The van der Waals surface area contributed by atoms with Gasteiger partial charge in [0.05, 0.1) is 6.04 Å². The Morgan fingerprint density at radius 2 is 1.28 bits per heavy atom. The van der Waals surface area contributed by atoms with Crippen LogP contribution in [0.1, 0.15) is 11.1 Å². The van der Waals surface area contributed by atoms with E-state index in [1.54, 1.807) is 6.07 Å². The van der Waals surface area contributed by atoms with Crippen LogP contribution in [0.2, 0.25) is 0 Å². The van der Waals surface area contributed by atoms with E-state index in [0.717, 1.165) is 57.4 Å². The Bertz CT molecular complexity index is 1870. The number of carbonyl (C=O) groups excluding carboxylic acids is 2. The van der Waals surface area contributed by atoms with E-state index < -0.39 is 11.9 Å². The van der Waals surface area contributed by atoms with Crippen molar-refractivity contribution in [2.75, 3.05) is 4.90 Å². The standard InChI is InChI=1S/C38H29NO4/c1-3-37(40)42-35-20-14-28-22-33(18-12-30(28)24-35)39(32-16-10-27(11-17-32)26-8-6-5-7-9-26)34-19-13-31-25-36(43-38(41)4-2)21-15-29(31)23-34/h3-22,24-25,34H,1-2,23H2. The van der Waals surface area contributed by atoms with Crippen LogP contribution in [-0.2, 0) is 16.0 Å². The topological polar surface area (TPSA) is 55.8 Å². The second kappa shape index (κ2) is 12.0. The molecular weight excluding hydrogens is 534 g/mol. The monoisotopic (exact) mass is 563 g/mol. The number of ether oxygens (including phenoxy) is 2. The number of esters is 2. The van der Waals surface area contributed by atoms with Gasteiger partial charge < -0.3 is 14.4 Å². The molecule has 0 aliphatic heterocycles. The van der Waals surface area contributed by atoms with Gasteiger partial charge in [0, 0.05) is 23.5 Å². The molecular formula is C38H29NO4. The number of benzene rings is 5. The third-order valence-electron chi connectivity index (χ3n) is 7.47. The highest BCUT2D eigenvalue weighted by atomic mass is 16.5. The van der Waals surface area contributed by atoms with Crippen LogP contribution in [-0.4, -0.2) is 18.0 Å². The van der Waals surface area contributed by atoms with Gasteiger partial charge in [-0.05, 0) is 88.0 Å². The van der Waals surface area contributed by atoms with Crippen molar-refractivity contribution in [3.05, 3.63) is 152 Å². The van der Waals surface area contributed by atoms with Gasteiger partial charge >= 0.3 is 11.9 Å². The lowest BCUT2D eigenvalue weighted by atomic mass is 9.92.